The predicted molar refractivity (Wildman–Crippen MR) is 85.8 cm³/mol. The molecule has 0 radical (unpaired) electrons. The Kier molecular flexibility index (Phi) is 3.83. The van der Waals surface area contributed by atoms with Gasteiger partial charge in [0.25, 0.3) is 5.91 Å². The third-order valence-corrected chi connectivity index (χ3v) is 4.13. The van der Waals surface area contributed by atoms with Crippen LogP contribution in [0, 0.1) is 5.82 Å². The molecule has 0 spiro atoms. The van der Waals surface area contributed by atoms with Crippen molar-refractivity contribution in [2.24, 2.45) is 7.05 Å². The zero-order valence-corrected chi connectivity index (χ0v) is 13.1. The zero-order chi connectivity index (χ0) is 16.6. The van der Waals surface area contributed by atoms with E-state index in [0.29, 0.717) is 26.7 Å². The third-order valence-electron chi connectivity index (χ3n) is 3.21. The first-order chi connectivity index (χ1) is 11.0. The van der Waals surface area contributed by atoms with E-state index in [9.17, 15) is 14.0 Å². The summed E-state index contributed by atoms with van der Waals surface area (Å²) in [5.41, 5.74) is 0.598. The Morgan fingerprint density at radius 3 is 2.87 bits per heavy atom. The fourth-order valence-corrected chi connectivity index (χ4v) is 2.98. The first-order valence-electron chi connectivity index (χ1n) is 6.60. The molecule has 23 heavy (non-hydrogen) atoms. The van der Waals surface area contributed by atoms with Gasteiger partial charge in [0.05, 0.1) is 17.4 Å². The molecule has 1 aromatic carbocycles. The number of ether oxygens (including phenoxy) is 1. The lowest BCUT2D eigenvalue weighted by Crippen LogP contribution is -2.19. The Hall–Kier alpha value is -2.74. The quantitative estimate of drug-likeness (QED) is 0.799. The van der Waals surface area contributed by atoms with Gasteiger partial charge in [-0.1, -0.05) is 11.3 Å². The van der Waals surface area contributed by atoms with Crippen molar-refractivity contribution in [3.05, 3.63) is 52.2 Å². The van der Waals surface area contributed by atoms with Crippen molar-refractivity contribution in [3.8, 4) is 5.75 Å². The number of aromatic nitrogens is 2. The van der Waals surface area contributed by atoms with E-state index in [0.717, 1.165) is 11.3 Å². The van der Waals surface area contributed by atoms with Crippen LogP contribution in [0.5, 0.6) is 5.75 Å². The highest BCUT2D eigenvalue weighted by Crippen LogP contribution is 2.33. The van der Waals surface area contributed by atoms with E-state index in [1.165, 1.54) is 42.1 Å². The van der Waals surface area contributed by atoms with Gasteiger partial charge in [-0.15, -0.1) is 0 Å². The molecule has 0 aliphatic rings. The number of hydrogen-bond acceptors (Lipinski definition) is 5. The van der Waals surface area contributed by atoms with Crippen LogP contribution in [-0.4, -0.2) is 22.6 Å². The van der Waals surface area contributed by atoms with Crippen LogP contribution in [0.4, 0.5) is 9.52 Å². The lowest BCUT2D eigenvalue weighted by atomic mass is 10.2. The number of rotatable bonds is 3. The van der Waals surface area contributed by atoms with E-state index >= 15 is 0 Å². The average Bonchev–Trinajstić information content (AvgIpc) is 2.91. The Balaban J connectivity index is 1.93. The smallest absolute Gasteiger partial charge is 0.258 e. The maximum atomic E-state index is 13.5. The minimum Gasteiger partial charge on any atom is -0.494 e. The van der Waals surface area contributed by atoms with Crippen molar-refractivity contribution in [2.45, 2.75) is 0 Å². The normalized spacial score (nSPS) is 10.7. The number of anilines is 1. The lowest BCUT2D eigenvalue weighted by Gasteiger charge is -2.03. The van der Waals surface area contributed by atoms with Crippen molar-refractivity contribution in [1.29, 1.82) is 0 Å². The molecule has 3 rings (SSSR count). The molecule has 0 saturated carbocycles. The van der Waals surface area contributed by atoms with Gasteiger partial charge in [-0.3, -0.25) is 14.9 Å². The number of amides is 1. The molecule has 0 atom stereocenters. The summed E-state index contributed by atoms with van der Waals surface area (Å²) in [5.74, 6) is -0.535. The molecule has 0 unspecified atom stereocenters. The second-order valence-electron chi connectivity index (χ2n) is 4.79. The summed E-state index contributed by atoms with van der Waals surface area (Å²) in [6, 6.07) is 5.31. The molecule has 1 N–H and O–H groups in total. The summed E-state index contributed by atoms with van der Waals surface area (Å²) < 4.78 is 20.5. The first-order valence-corrected chi connectivity index (χ1v) is 7.41. The van der Waals surface area contributed by atoms with Crippen LogP contribution in [0.2, 0.25) is 0 Å². The number of nitrogens with zero attached hydrogens (tertiary/aromatic N) is 2. The first kappa shape index (κ1) is 15.2. The molecular formula is C15H12FN3O3S. The van der Waals surface area contributed by atoms with Crippen molar-refractivity contribution < 1.29 is 13.9 Å². The van der Waals surface area contributed by atoms with Gasteiger partial charge in [-0.05, 0) is 12.1 Å². The zero-order valence-electron chi connectivity index (χ0n) is 12.3. The number of carbonyl (C=O) groups is 1. The molecule has 0 aliphatic carbocycles. The highest BCUT2D eigenvalue weighted by molar-refractivity contribution is 7.22. The van der Waals surface area contributed by atoms with Gasteiger partial charge in [0.1, 0.15) is 17.1 Å². The molecule has 0 fully saturated rings. The molecule has 0 bridgehead atoms. The van der Waals surface area contributed by atoms with Crippen molar-refractivity contribution in [3.63, 3.8) is 0 Å². The summed E-state index contributed by atoms with van der Waals surface area (Å²) >= 11 is 1.14. The number of fused-ring (bicyclic) bond motifs is 1. The van der Waals surface area contributed by atoms with E-state index in [2.05, 4.69) is 10.3 Å². The van der Waals surface area contributed by atoms with Crippen LogP contribution in [0.1, 0.15) is 10.4 Å². The Bertz CT molecular complexity index is 964. The van der Waals surface area contributed by atoms with Gasteiger partial charge in [-0.25, -0.2) is 9.37 Å². The molecule has 6 nitrogen and oxygen atoms in total. The molecule has 1 amide bonds. The fraction of sp³-hybridized carbons (Fsp3) is 0.133. The van der Waals surface area contributed by atoms with E-state index in [1.807, 2.05) is 0 Å². The van der Waals surface area contributed by atoms with Crippen molar-refractivity contribution in [1.82, 2.24) is 9.55 Å². The summed E-state index contributed by atoms with van der Waals surface area (Å²) in [6.45, 7) is 0. The van der Waals surface area contributed by atoms with Crippen LogP contribution < -0.4 is 15.6 Å². The van der Waals surface area contributed by atoms with Gasteiger partial charge >= 0.3 is 0 Å². The number of carbonyl (C=O) groups excluding carboxylic acids is 1. The Morgan fingerprint density at radius 2 is 2.17 bits per heavy atom. The van der Waals surface area contributed by atoms with Gasteiger partial charge < -0.3 is 9.30 Å². The molecule has 0 aliphatic heterocycles. The fourth-order valence-electron chi connectivity index (χ4n) is 2.07. The predicted octanol–water partition coefficient (Wildman–Crippen LogP) is 2.39. The Morgan fingerprint density at radius 1 is 1.39 bits per heavy atom. The number of nitrogens with one attached hydrogen (secondary N) is 1. The summed E-state index contributed by atoms with van der Waals surface area (Å²) in [7, 11) is 2.99. The number of pyridine rings is 1. The van der Waals surface area contributed by atoms with Crippen molar-refractivity contribution >= 4 is 32.6 Å². The van der Waals surface area contributed by atoms with Crippen LogP contribution in [-0.2, 0) is 7.05 Å². The molecule has 118 valence electrons. The minimum absolute atomic E-state index is 0.207. The SMILES string of the molecule is COc1cc(F)cc2sc(NC(=O)c3ccc(=O)n(C)c3)nc12. The molecular weight excluding hydrogens is 321 g/mol. The highest BCUT2D eigenvalue weighted by Gasteiger charge is 2.14. The van der Waals surface area contributed by atoms with E-state index < -0.39 is 11.7 Å². The second kappa shape index (κ2) is 5.81. The van der Waals surface area contributed by atoms with Gasteiger partial charge in [-0.2, -0.15) is 0 Å². The Labute approximate surface area is 134 Å². The topological polar surface area (TPSA) is 73.2 Å². The van der Waals surface area contributed by atoms with Crippen molar-refractivity contribution in [2.75, 3.05) is 12.4 Å². The average molecular weight is 333 g/mol. The monoisotopic (exact) mass is 333 g/mol. The van der Waals surface area contributed by atoms with Crippen LogP contribution in [0.3, 0.4) is 0 Å². The largest absolute Gasteiger partial charge is 0.494 e. The van der Waals surface area contributed by atoms with Gasteiger partial charge in [0.2, 0.25) is 5.56 Å². The van der Waals surface area contributed by atoms with Gasteiger partial charge in [0, 0.05) is 25.4 Å². The van der Waals surface area contributed by atoms with Crippen LogP contribution in [0.15, 0.2) is 35.3 Å². The number of hydrogen-bond donors (Lipinski definition) is 1. The van der Waals surface area contributed by atoms with E-state index in [-0.39, 0.29) is 5.56 Å². The standard InChI is InChI=1S/C15H12FN3O3S/c1-19-7-8(3-4-12(19)20)14(21)18-15-17-13-10(22-2)5-9(16)6-11(13)23-15/h3-7H,1-2H3,(H,17,18,21). The molecule has 8 heteroatoms. The number of benzene rings is 1. The number of thiazole rings is 1. The van der Waals surface area contributed by atoms with Gasteiger partial charge in [0.15, 0.2) is 5.13 Å². The molecule has 2 heterocycles. The van der Waals surface area contributed by atoms with E-state index in [4.69, 9.17) is 4.74 Å². The lowest BCUT2D eigenvalue weighted by molar-refractivity contribution is 0.102. The summed E-state index contributed by atoms with van der Waals surface area (Å²) in [6.07, 6.45) is 1.44. The molecule has 0 saturated heterocycles. The summed E-state index contributed by atoms with van der Waals surface area (Å²) in [5, 5.41) is 2.96. The second-order valence-corrected chi connectivity index (χ2v) is 5.83. The molecule has 2 aromatic heterocycles. The number of aryl methyl sites for hydroxylation is 1. The maximum absolute atomic E-state index is 13.5. The molecule has 3 aromatic rings. The maximum Gasteiger partial charge on any atom is 0.258 e. The number of halogens is 1. The van der Waals surface area contributed by atoms with Crippen LogP contribution >= 0.6 is 11.3 Å². The minimum atomic E-state index is -0.436. The summed E-state index contributed by atoms with van der Waals surface area (Å²) in [4.78, 5) is 27.8. The highest BCUT2D eigenvalue weighted by atomic mass is 32.1. The van der Waals surface area contributed by atoms with E-state index in [1.54, 1.807) is 7.05 Å². The third kappa shape index (κ3) is 2.93. The van der Waals surface area contributed by atoms with Crippen LogP contribution in [0.25, 0.3) is 10.2 Å². The number of methoxy groups -OCH3 is 1.